The summed E-state index contributed by atoms with van der Waals surface area (Å²) in [5, 5.41) is 2.88. The van der Waals surface area contributed by atoms with Crippen molar-refractivity contribution in [2.75, 3.05) is 18.8 Å². The molecule has 0 saturated carbocycles. The Balaban J connectivity index is 3.88. The zero-order valence-electron chi connectivity index (χ0n) is 12.0. The van der Waals surface area contributed by atoms with Gasteiger partial charge in [0.25, 0.3) is 0 Å². The Bertz CT molecular complexity index is 402. The number of carbonyl (C=O) groups excluding carboxylic acids is 2. The molecule has 112 valence electrons. The monoisotopic (exact) mass is 292 g/mol. The van der Waals surface area contributed by atoms with Crippen molar-refractivity contribution in [2.45, 2.75) is 34.1 Å². The number of Topliss-reactive ketones (excluding diaryl/α,β-unsaturated/α-hetero) is 1. The molecule has 0 aromatic rings. The van der Waals surface area contributed by atoms with Crippen LogP contribution in [0.5, 0.6) is 0 Å². The number of rotatable bonds is 9. The van der Waals surface area contributed by atoms with E-state index in [9.17, 15) is 18.0 Å². The Morgan fingerprint density at radius 1 is 1.00 bits per heavy atom. The van der Waals surface area contributed by atoms with E-state index in [1.807, 2.05) is 18.6 Å². The van der Waals surface area contributed by atoms with Gasteiger partial charge in [-0.3, -0.25) is 14.3 Å². The van der Waals surface area contributed by atoms with Crippen LogP contribution in [-0.2, 0) is 19.6 Å². The molecular formula is C12H24N2O4S. The maximum Gasteiger partial charge on any atom is 0.236 e. The van der Waals surface area contributed by atoms with Crippen LogP contribution >= 0.6 is 0 Å². The molecule has 0 radical (unpaired) electrons. The second-order valence-electron chi connectivity index (χ2n) is 5.06. The van der Waals surface area contributed by atoms with Gasteiger partial charge in [-0.2, -0.15) is 0 Å². The predicted molar refractivity (Wildman–Crippen MR) is 74.1 cm³/mol. The van der Waals surface area contributed by atoms with Gasteiger partial charge in [-0.1, -0.05) is 27.7 Å². The van der Waals surface area contributed by atoms with E-state index < -0.39 is 15.9 Å². The number of sulfonamides is 1. The molecule has 7 heteroatoms. The predicted octanol–water partition coefficient (Wildman–Crippen LogP) is 0.293. The lowest BCUT2D eigenvalue weighted by Crippen LogP contribution is -2.38. The summed E-state index contributed by atoms with van der Waals surface area (Å²) in [5.74, 6) is -0.915. The first-order valence-corrected chi connectivity index (χ1v) is 8.08. The average Bonchev–Trinajstić information content (AvgIpc) is 2.27. The Kier molecular flexibility index (Phi) is 7.85. The molecule has 0 aliphatic carbocycles. The van der Waals surface area contributed by atoms with Gasteiger partial charge in [0.1, 0.15) is 5.78 Å². The summed E-state index contributed by atoms with van der Waals surface area (Å²) in [4.78, 5) is 22.6. The highest BCUT2D eigenvalue weighted by Crippen LogP contribution is 1.97. The van der Waals surface area contributed by atoms with Gasteiger partial charge in [0.05, 0.1) is 5.75 Å². The summed E-state index contributed by atoms with van der Waals surface area (Å²) in [6.45, 7) is 7.57. The van der Waals surface area contributed by atoms with Gasteiger partial charge in [0.15, 0.2) is 0 Å². The Morgan fingerprint density at radius 3 is 2.05 bits per heavy atom. The lowest BCUT2D eigenvalue weighted by Gasteiger charge is -2.09. The van der Waals surface area contributed by atoms with E-state index in [0.717, 1.165) is 0 Å². The van der Waals surface area contributed by atoms with E-state index in [-0.39, 0.29) is 29.9 Å². The van der Waals surface area contributed by atoms with Crippen LogP contribution in [0.4, 0.5) is 0 Å². The van der Waals surface area contributed by atoms with Crippen LogP contribution in [-0.4, -0.2) is 39.0 Å². The highest BCUT2D eigenvalue weighted by Gasteiger charge is 2.16. The molecule has 0 unspecified atom stereocenters. The molecule has 2 N–H and O–H groups in total. The topological polar surface area (TPSA) is 92.3 Å². The van der Waals surface area contributed by atoms with Gasteiger partial charge in [0, 0.05) is 31.3 Å². The first-order chi connectivity index (χ1) is 8.65. The van der Waals surface area contributed by atoms with Gasteiger partial charge < -0.3 is 5.32 Å². The number of hydrogen-bond acceptors (Lipinski definition) is 5. The van der Waals surface area contributed by atoms with Gasteiger partial charge in [0.2, 0.25) is 15.9 Å². The number of nitrogens with one attached hydrogen (secondary N) is 2. The fraction of sp³-hybridized carbons (Fsp3) is 0.833. The van der Waals surface area contributed by atoms with Crippen molar-refractivity contribution >= 4 is 21.7 Å². The molecule has 0 aromatic heterocycles. The van der Waals surface area contributed by atoms with Crippen LogP contribution in [0.25, 0.3) is 0 Å². The molecule has 0 aliphatic heterocycles. The molecule has 0 heterocycles. The number of hydrogen-bond donors (Lipinski definition) is 2. The molecule has 0 saturated heterocycles. The zero-order chi connectivity index (χ0) is 15.1. The van der Waals surface area contributed by atoms with Gasteiger partial charge in [-0.15, -0.1) is 0 Å². The third kappa shape index (κ3) is 8.72. The minimum absolute atomic E-state index is 0.00383. The molecule has 0 atom stereocenters. The second-order valence-corrected chi connectivity index (χ2v) is 6.90. The van der Waals surface area contributed by atoms with Crippen LogP contribution in [0, 0.1) is 11.8 Å². The molecule has 6 nitrogen and oxygen atoms in total. The number of ketones is 1. The summed E-state index contributed by atoms with van der Waals surface area (Å²) in [6, 6.07) is 0. The van der Waals surface area contributed by atoms with E-state index in [1.54, 1.807) is 13.8 Å². The fourth-order valence-corrected chi connectivity index (χ4v) is 2.21. The Morgan fingerprint density at radius 2 is 1.58 bits per heavy atom. The van der Waals surface area contributed by atoms with Crippen molar-refractivity contribution in [3.8, 4) is 0 Å². The third-order valence-corrected chi connectivity index (χ3v) is 3.77. The second kappa shape index (κ2) is 8.27. The first kappa shape index (κ1) is 18.0. The lowest BCUT2D eigenvalue weighted by molar-refractivity contribution is -0.122. The Hall–Kier alpha value is -0.950. The standard InChI is InChI=1S/C12H24N2O4S/c1-9(2)11(15)5-6-13-7-8-19(17,18)14-12(16)10(3)4/h9-10,13H,5-8H2,1-4H3,(H,14,16). The van der Waals surface area contributed by atoms with Crippen LogP contribution in [0.2, 0.25) is 0 Å². The van der Waals surface area contributed by atoms with Crippen LogP contribution in [0.1, 0.15) is 34.1 Å². The van der Waals surface area contributed by atoms with Crippen LogP contribution < -0.4 is 10.0 Å². The van der Waals surface area contributed by atoms with Crippen molar-refractivity contribution in [2.24, 2.45) is 11.8 Å². The first-order valence-electron chi connectivity index (χ1n) is 6.43. The van der Waals surface area contributed by atoms with E-state index in [4.69, 9.17) is 0 Å². The van der Waals surface area contributed by atoms with Crippen molar-refractivity contribution in [1.29, 1.82) is 0 Å². The maximum atomic E-state index is 11.5. The highest BCUT2D eigenvalue weighted by atomic mass is 32.2. The summed E-state index contributed by atoms with van der Waals surface area (Å²) in [5.41, 5.74) is 0. The molecule has 19 heavy (non-hydrogen) atoms. The molecule has 0 rings (SSSR count). The van der Waals surface area contributed by atoms with E-state index >= 15 is 0 Å². The van der Waals surface area contributed by atoms with Crippen molar-refractivity contribution in [1.82, 2.24) is 10.0 Å². The molecule has 0 aliphatic rings. The van der Waals surface area contributed by atoms with Crippen molar-refractivity contribution in [3.05, 3.63) is 0 Å². The van der Waals surface area contributed by atoms with Crippen molar-refractivity contribution in [3.63, 3.8) is 0 Å². The SMILES string of the molecule is CC(C)C(=O)CCNCCS(=O)(=O)NC(=O)C(C)C. The van der Waals surface area contributed by atoms with Gasteiger partial charge in [-0.05, 0) is 0 Å². The summed E-state index contributed by atoms with van der Waals surface area (Å²) in [7, 11) is -3.59. The molecule has 0 fully saturated rings. The molecule has 0 spiro atoms. The normalized spacial score (nSPS) is 11.9. The molecule has 0 aromatic carbocycles. The zero-order valence-corrected chi connectivity index (χ0v) is 12.8. The molecule has 0 bridgehead atoms. The van der Waals surface area contributed by atoms with E-state index in [0.29, 0.717) is 13.0 Å². The minimum atomic E-state index is -3.59. The number of amides is 1. The van der Waals surface area contributed by atoms with Gasteiger partial charge in [-0.25, -0.2) is 8.42 Å². The van der Waals surface area contributed by atoms with Crippen LogP contribution in [0.15, 0.2) is 0 Å². The van der Waals surface area contributed by atoms with E-state index in [2.05, 4.69) is 5.32 Å². The molecule has 1 amide bonds. The van der Waals surface area contributed by atoms with Crippen LogP contribution in [0.3, 0.4) is 0 Å². The summed E-state index contributed by atoms with van der Waals surface area (Å²) in [6.07, 6.45) is 0.385. The van der Waals surface area contributed by atoms with Gasteiger partial charge >= 0.3 is 0 Å². The fourth-order valence-electron chi connectivity index (χ4n) is 1.15. The van der Waals surface area contributed by atoms with E-state index in [1.165, 1.54) is 0 Å². The minimum Gasteiger partial charge on any atom is -0.315 e. The lowest BCUT2D eigenvalue weighted by atomic mass is 10.1. The quantitative estimate of drug-likeness (QED) is 0.596. The average molecular weight is 292 g/mol. The largest absolute Gasteiger partial charge is 0.315 e. The summed E-state index contributed by atoms with van der Waals surface area (Å²) < 4.78 is 25.0. The smallest absolute Gasteiger partial charge is 0.236 e. The third-order valence-electron chi connectivity index (χ3n) is 2.52. The number of carbonyl (C=O) groups is 2. The Labute approximate surface area is 115 Å². The highest BCUT2D eigenvalue weighted by molar-refractivity contribution is 7.90. The summed E-state index contributed by atoms with van der Waals surface area (Å²) >= 11 is 0. The molecular weight excluding hydrogens is 268 g/mol. The van der Waals surface area contributed by atoms with Crippen molar-refractivity contribution < 1.29 is 18.0 Å². The maximum absolute atomic E-state index is 11.5.